The SMILES string of the molecule is CC[C@H](C)NC(=O)[C@H](C)N(Cc1ccccc1Cl)C(=O)CSCc1ccc(Br)cc1. The first kappa shape index (κ1) is 24.8. The molecule has 0 aliphatic heterocycles. The second-order valence-corrected chi connectivity index (χ2v) is 9.53. The Labute approximate surface area is 196 Å². The van der Waals surface area contributed by atoms with Gasteiger partial charge in [-0.1, -0.05) is 64.8 Å². The molecule has 2 aromatic rings. The number of thioether (sulfide) groups is 1. The van der Waals surface area contributed by atoms with Gasteiger partial charge in [-0.15, -0.1) is 11.8 Å². The maximum absolute atomic E-state index is 13.1. The van der Waals surface area contributed by atoms with Crippen molar-refractivity contribution >= 4 is 51.1 Å². The summed E-state index contributed by atoms with van der Waals surface area (Å²) in [5.74, 6) is 0.792. The van der Waals surface area contributed by atoms with Crippen molar-refractivity contribution in [1.82, 2.24) is 10.2 Å². The molecule has 0 spiro atoms. The lowest BCUT2D eigenvalue weighted by atomic mass is 10.1. The van der Waals surface area contributed by atoms with Crippen LogP contribution in [0.1, 0.15) is 38.3 Å². The minimum absolute atomic E-state index is 0.0593. The number of nitrogens with zero attached hydrogens (tertiary/aromatic N) is 1. The molecule has 0 saturated carbocycles. The van der Waals surface area contributed by atoms with E-state index in [1.807, 2.05) is 56.3 Å². The van der Waals surface area contributed by atoms with Crippen LogP contribution in [0, 0.1) is 0 Å². The highest BCUT2D eigenvalue weighted by Gasteiger charge is 2.27. The number of rotatable bonds is 10. The molecule has 2 aromatic carbocycles. The first-order valence-electron chi connectivity index (χ1n) is 9.97. The number of benzene rings is 2. The van der Waals surface area contributed by atoms with Crippen LogP contribution in [0.5, 0.6) is 0 Å². The van der Waals surface area contributed by atoms with E-state index < -0.39 is 6.04 Å². The van der Waals surface area contributed by atoms with E-state index in [-0.39, 0.29) is 17.9 Å². The molecule has 2 rings (SSSR count). The van der Waals surface area contributed by atoms with Crippen LogP contribution in [0.3, 0.4) is 0 Å². The quantitative estimate of drug-likeness (QED) is 0.447. The third-order valence-corrected chi connectivity index (χ3v) is 6.76. The zero-order valence-electron chi connectivity index (χ0n) is 17.5. The van der Waals surface area contributed by atoms with Gasteiger partial charge in [0.05, 0.1) is 5.75 Å². The average molecular weight is 512 g/mol. The number of carbonyl (C=O) groups excluding carboxylic acids is 2. The lowest BCUT2D eigenvalue weighted by molar-refractivity contribution is -0.138. The summed E-state index contributed by atoms with van der Waals surface area (Å²) in [5.41, 5.74) is 1.98. The molecule has 30 heavy (non-hydrogen) atoms. The molecule has 0 fully saturated rings. The fourth-order valence-corrected chi connectivity index (χ4v) is 4.11. The molecule has 4 nitrogen and oxygen atoms in total. The van der Waals surface area contributed by atoms with Gasteiger partial charge in [0.15, 0.2) is 0 Å². The molecular formula is C23H28BrClN2O2S. The molecule has 0 saturated heterocycles. The van der Waals surface area contributed by atoms with Gasteiger partial charge in [0.1, 0.15) is 6.04 Å². The van der Waals surface area contributed by atoms with Crippen molar-refractivity contribution in [2.24, 2.45) is 0 Å². The first-order valence-corrected chi connectivity index (χ1v) is 12.3. The van der Waals surface area contributed by atoms with Gasteiger partial charge in [-0.2, -0.15) is 0 Å². The Morgan fingerprint density at radius 3 is 2.43 bits per heavy atom. The van der Waals surface area contributed by atoms with E-state index in [4.69, 9.17) is 11.6 Å². The normalized spacial score (nSPS) is 12.8. The van der Waals surface area contributed by atoms with Gasteiger partial charge in [-0.05, 0) is 49.6 Å². The number of hydrogen-bond donors (Lipinski definition) is 1. The molecule has 0 heterocycles. The summed E-state index contributed by atoms with van der Waals surface area (Å²) in [6, 6.07) is 14.9. The lowest BCUT2D eigenvalue weighted by Crippen LogP contribution is -2.50. The molecule has 0 bridgehead atoms. The van der Waals surface area contributed by atoms with E-state index in [1.54, 1.807) is 17.9 Å². The van der Waals surface area contributed by atoms with Crippen molar-refractivity contribution in [2.75, 3.05) is 5.75 Å². The van der Waals surface area contributed by atoms with Crippen LogP contribution in [0.4, 0.5) is 0 Å². The second-order valence-electron chi connectivity index (χ2n) is 7.23. The van der Waals surface area contributed by atoms with Crippen LogP contribution in [-0.4, -0.2) is 34.6 Å². The van der Waals surface area contributed by atoms with Gasteiger partial charge in [0, 0.05) is 27.8 Å². The Bertz CT molecular complexity index is 847. The van der Waals surface area contributed by atoms with Crippen molar-refractivity contribution in [3.8, 4) is 0 Å². The van der Waals surface area contributed by atoms with Crippen LogP contribution >= 0.6 is 39.3 Å². The van der Waals surface area contributed by atoms with Crippen LogP contribution < -0.4 is 5.32 Å². The van der Waals surface area contributed by atoms with E-state index in [1.165, 1.54) is 11.8 Å². The van der Waals surface area contributed by atoms with E-state index in [0.29, 0.717) is 17.3 Å². The summed E-state index contributed by atoms with van der Waals surface area (Å²) >= 11 is 11.3. The van der Waals surface area contributed by atoms with E-state index in [2.05, 4.69) is 21.2 Å². The number of hydrogen-bond acceptors (Lipinski definition) is 3. The summed E-state index contributed by atoms with van der Waals surface area (Å²) in [6.45, 7) is 6.04. The average Bonchev–Trinajstić information content (AvgIpc) is 2.73. The molecular weight excluding hydrogens is 484 g/mol. The minimum Gasteiger partial charge on any atom is -0.352 e. The first-order chi connectivity index (χ1) is 14.3. The summed E-state index contributed by atoms with van der Waals surface area (Å²) in [4.78, 5) is 27.4. The molecule has 1 N–H and O–H groups in total. The molecule has 2 amide bonds. The monoisotopic (exact) mass is 510 g/mol. The smallest absolute Gasteiger partial charge is 0.242 e. The van der Waals surface area contributed by atoms with Crippen molar-refractivity contribution < 1.29 is 9.59 Å². The molecule has 0 unspecified atom stereocenters. The van der Waals surface area contributed by atoms with Gasteiger partial charge in [0.2, 0.25) is 11.8 Å². The Hall–Kier alpha value is -1.50. The van der Waals surface area contributed by atoms with Crippen LogP contribution in [0.2, 0.25) is 5.02 Å². The minimum atomic E-state index is -0.587. The van der Waals surface area contributed by atoms with E-state index >= 15 is 0 Å². The summed E-state index contributed by atoms with van der Waals surface area (Å²) in [7, 11) is 0. The van der Waals surface area contributed by atoms with Crippen molar-refractivity contribution in [3.63, 3.8) is 0 Å². The molecule has 2 atom stereocenters. The predicted octanol–water partition coefficient (Wildman–Crippen LogP) is 5.67. The third-order valence-electron chi connectivity index (χ3n) is 4.87. The maximum atomic E-state index is 13.1. The zero-order valence-corrected chi connectivity index (χ0v) is 20.7. The highest BCUT2D eigenvalue weighted by molar-refractivity contribution is 9.10. The molecule has 0 aliphatic rings. The van der Waals surface area contributed by atoms with Crippen molar-refractivity contribution in [1.29, 1.82) is 0 Å². The highest BCUT2D eigenvalue weighted by Crippen LogP contribution is 2.21. The Balaban J connectivity index is 2.08. The standard InChI is InChI=1S/C23H28BrClN2O2S/c1-4-16(2)26-23(29)17(3)27(13-19-7-5-6-8-21(19)25)22(28)15-30-14-18-9-11-20(24)12-10-18/h5-12,16-17H,4,13-15H2,1-3H3,(H,26,29)/t16-,17-/m0/s1. The van der Waals surface area contributed by atoms with Crippen molar-refractivity contribution in [2.45, 2.75) is 51.6 Å². The van der Waals surface area contributed by atoms with Gasteiger partial charge in [0.25, 0.3) is 0 Å². The number of carbonyl (C=O) groups is 2. The van der Waals surface area contributed by atoms with E-state index in [0.717, 1.165) is 27.8 Å². The second kappa shape index (κ2) is 12.4. The summed E-state index contributed by atoms with van der Waals surface area (Å²) in [6.07, 6.45) is 0.833. The molecule has 7 heteroatoms. The summed E-state index contributed by atoms with van der Waals surface area (Å²) in [5, 5.41) is 3.57. The summed E-state index contributed by atoms with van der Waals surface area (Å²) < 4.78 is 1.03. The fraction of sp³-hybridized carbons (Fsp3) is 0.391. The van der Waals surface area contributed by atoms with Gasteiger partial charge >= 0.3 is 0 Å². The maximum Gasteiger partial charge on any atom is 0.242 e. The molecule has 162 valence electrons. The van der Waals surface area contributed by atoms with Crippen molar-refractivity contribution in [3.05, 3.63) is 69.2 Å². The Morgan fingerprint density at radius 1 is 1.13 bits per heavy atom. The molecule has 0 aromatic heterocycles. The number of halogens is 2. The van der Waals surface area contributed by atoms with Crippen LogP contribution in [0.25, 0.3) is 0 Å². The number of amides is 2. The van der Waals surface area contributed by atoms with Gasteiger partial charge in [-0.25, -0.2) is 0 Å². The van der Waals surface area contributed by atoms with Gasteiger partial charge < -0.3 is 10.2 Å². The third kappa shape index (κ3) is 7.64. The number of nitrogens with one attached hydrogen (secondary N) is 1. The predicted molar refractivity (Wildman–Crippen MR) is 130 cm³/mol. The zero-order chi connectivity index (χ0) is 22.1. The van der Waals surface area contributed by atoms with E-state index in [9.17, 15) is 9.59 Å². The molecule has 0 aliphatic carbocycles. The fourth-order valence-electron chi connectivity index (χ4n) is 2.78. The largest absolute Gasteiger partial charge is 0.352 e. The Morgan fingerprint density at radius 2 is 1.80 bits per heavy atom. The van der Waals surface area contributed by atoms with Gasteiger partial charge in [-0.3, -0.25) is 9.59 Å². The Kier molecular flexibility index (Phi) is 10.2. The van der Waals surface area contributed by atoms with Crippen LogP contribution in [-0.2, 0) is 21.9 Å². The lowest BCUT2D eigenvalue weighted by Gasteiger charge is -2.30. The molecule has 0 radical (unpaired) electrons. The topological polar surface area (TPSA) is 49.4 Å². The highest BCUT2D eigenvalue weighted by atomic mass is 79.9. The van der Waals surface area contributed by atoms with Crippen LogP contribution in [0.15, 0.2) is 53.0 Å².